The lowest BCUT2D eigenvalue weighted by molar-refractivity contribution is 0.0613. The van der Waals surface area contributed by atoms with Crippen LogP contribution in [0.15, 0.2) is 70.5 Å². The topological polar surface area (TPSA) is 134 Å². The molecule has 2 aromatic carbocycles. The molecule has 46 heavy (non-hydrogen) atoms. The van der Waals surface area contributed by atoms with Crippen molar-refractivity contribution in [3.05, 3.63) is 71.1 Å². The highest BCUT2D eigenvalue weighted by Gasteiger charge is 2.32. The minimum Gasteiger partial charge on any atom is -0.489 e. The van der Waals surface area contributed by atoms with E-state index in [1.54, 1.807) is 41.1 Å². The molecule has 242 valence electrons. The summed E-state index contributed by atoms with van der Waals surface area (Å²) in [4.78, 5) is 23.9. The lowest BCUT2D eigenvalue weighted by Gasteiger charge is -2.25. The number of benzene rings is 2. The van der Waals surface area contributed by atoms with Crippen LogP contribution in [0.2, 0.25) is 0 Å². The molecule has 0 aliphatic carbocycles. The van der Waals surface area contributed by atoms with Gasteiger partial charge in [0.2, 0.25) is 5.95 Å². The summed E-state index contributed by atoms with van der Waals surface area (Å²) >= 11 is 0. The maximum absolute atomic E-state index is 14.4. The van der Waals surface area contributed by atoms with Gasteiger partial charge in [-0.1, -0.05) is 18.2 Å². The lowest BCUT2D eigenvalue weighted by Crippen LogP contribution is -2.31. The number of hydrogen-bond acceptors (Lipinski definition) is 10. The van der Waals surface area contributed by atoms with E-state index < -0.39 is 15.1 Å². The highest BCUT2D eigenvalue weighted by molar-refractivity contribution is 7.92. The van der Waals surface area contributed by atoms with Crippen molar-refractivity contribution in [3.63, 3.8) is 0 Å². The van der Waals surface area contributed by atoms with Crippen molar-refractivity contribution in [2.24, 2.45) is 5.92 Å². The van der Waals surface area contributed by atoms with Gasteiger partial charge in [-0.3, -0.25) is 9.36 Å². The van der Waals surface area contributed by atoms with Gasteiger partial charge in [-0.05, 0) is 81.0 Å². The molecule has 1 unspecified atom stereocenters. The second kappa shape index (κ2) is 13.5. The van der Waals surface area contributed by atoms with Crippen molar-refractivity contribution < 1.29 is 22.6 Å². The number of anilines is 2. The van der Waals surface area contributed by atoms with Gasteiger partial charge in [-0.2, -0.15) is 4.98 Å². The molecule has 3 saturated heterocycles. The molecule has 3 aliphatic heterocycles. The lowest BCUT2D eigenvalue weighted by atomic mass is 9.99. The third-order valence-electron chi connectivity index (χ3n) is 9.13. The Morgan fingerprint density at radius 2 is 1.67 bits per heavy atom. The second-order valence-electron chi connectivity index (χ2n) is 12.2. The van der Waals surface area contributed by atoms with Crippen molar-refractivity contribution in [3.8, 4) is 16.9 Å². The Bertz CT molecular complexity index is 1840. The molecular weight excluding hydrogens is 606 g/mol. The molecule has 0 spiro atoms. The van der Waals surface area contributed by atoms with Crippen LogP contribution >= 0.6 is 0 Å². The van der Waals surface area contributed by atoms with Crippen LogP contribution < -0.4 is 20.9 Å². The van der Waals surface area contributed by atoms with Crippen LogP contribution in [0.5, 0.6) is 5.75 Å². The molecule has 5 heterocycles. The Balaban J connectivity index is 1.25. The van der Waals surface area contributed by atoms with E-state index in [9.17, 15) is 13.2 Å². The van der Waals surface area contributed by atoms with Crippen LogP contribution in [0.4, 0.5) is 11.6 Å². The Hall–Kier alpha value is -3.84. The molecule has 0 saturated carbocycles. The molecule has 0 bridgehead atoms. The predicted molar refractivity (Wildman–Crippen MR) is 175 cm³/mol. The summed E-state index contributed by atoms with van der Waals surface area (Å²) in [6.45, 7) is 4.35. The summed E-state index contributed by atoms with van der Waals surface area (Å²) in [5.74, 6) is 1.38. The van der Waals surface area contributed by atoms with Gasteiger partial charge in [0.15, 0.2) is 9.84 Å². The van der Waals surface area contributed by atoms with E-state index in [1.165, 1.54) is 0 Å². The standard InChI is InChI=1S/C34H39N5O6S/c40-33-30(29-3-1-2-4-31(29)46(41,42)28-12-17-44-18-13-28)19-24-20-36-34(38-32(24)39(33)22-23-10-15-43-16-11-23)37-25-5-7-26(8-6-25)45-27-9-14-35-21-27/h1-8,19-20,23,27-28,35H,9-18,21-22H2,(H,36,37,38). The monoisotopic (exact) mass is 645 g/mol. The highest BCUT2D eigenvalue weighted by atomic mass is 32.2. The van der Waals surface area contributed by atoms with Crippen LogP contribution in [-0.4, -0.2) is 73.8 Å². The first-order valence-corrected chi connectivity index (χ1v) is 17.6. The maximum atomic E-state index is 14.4. The number of aromatic nitrogens is 3. The maximum Gasteiger partial charge on any atom is 0.260 e. The van der Waals surface area contributed by atoms with Gasteiger partial charge in [0.25, 0.3) is 5.56 Å². The molecule has 3 aliphatic rings. The third-order valence-corrected chi connectivity index (χ3v) is 11.4. The molecule has 1 atom stereocenters. The number of rotatable bonds is 9. The van der Waals surface area contributed by atoms with E-state index in [-0.39, 0.29) is 22.5 Å². The first kappa shape index (κ1) is 30.8. The van der Waals surface area contributed by atoms with Crippen molar-refractivity contribution in [2.45, 2.75) is 54.9 Å². The molecule has 2 aromatic heterocycles. The fraction of sp³-hybridized carbons (Fsp3) is 0.441. The van der Waals surface area contributed by atoms with E-state index >= 15 is 0 Å². The minimum atomic E-state index is -3.70. The van der Waals surface area contributed by atoms with Gasteiger partial charge in [0, 0.05) is 67.9 Å². The Labute approximate surface area is 268 Å². The average Bonchev–Trinajstić information content (AvgIpc) is 3.61. The second-order valence-corrected chi connectivity index (χ2v) is 14.4. The largest absolute Gasteiger partial charge is 0.489 e. The quantitative estimate of drug-likeness (QED) is 0.271. The fourth-order valence-electron chi connectivity index (χ4n) is 6.54. The summed E-state index contributed by atoms with van der Waals surface area (Å²) in [5.41, 5.74) is 1.73. The average molecular weight is 646 g/mol. The van der Waals surface area contributed by atoms with Gasteiger partial charge in [-0.15, -0.1) is 0 Å². The molecule has 7 rings (SSSR count). The van der Waals surface area contributed by atoms with E-state index in [1.807, 2.05) is 24.3 Å². The van der Waals surface area contributed by atoms with Crippen molar-refractivity contribution in [2.75, 3.05) is 44.8 Å². The number of hydrogen-bond donors (Lipinski definition) is 2. The van der Waals surface area contributed by atoms with E-state index in [4.69, 9.17) is 19.2 Å². The number of nitrogens with zero attached hydrogens (tertiary/aromatic N) is 3. The molecule has 3 fully saturated rings. The SMILES string of the molecule is O=c1c(-c2ccccc2S(=O)(=O)C2CCOCC2)cc2cnc(Nc3ccc(OC4CCNC4)cc3)nc2n1CC1CCOCC1. The molecular formula is C34H39N5O6S. The minimum absolute atomic E-state index is 0.173. The number of nitrogens with one attached hydrogen (secondary N) is 2. The summed E-state index contributed by atoms with van der Waals surface area (Å²) in [6.07, 6.45) is 5.37. The Morgan fingerprint density at radius 3 is 2.41 bits per heavy atom. The summed E-state index contributed by atoms with van der Waals surface area (Å²) < 4.78 is 46.5. The van der Waals surface area contributed by atoms with Crippen molar-refractivity contribution >= 4 is 32.5 Å². The van der Waals surface area contributed by atoms with Crippen LogP contribution in [0.25, 0.3) is 22.2 Å². The van der Waals surface area contributed by atoms with Crippen LogP contribution in [0.1, 0.15) is 32.1 Å². The summed E-state index contributed by atoms with van der Waals surface area (Å²) in [7, 11) is -3.70. The Kier molecular flexibility index (Phi) is 9.03. The molecule has 11 nitrogen and oxygen atoms in total. The molecule has 0 radical (unpaired) electrons. The first-order chi connectivity index (χ1) is 22.5. The number of ether oxygens (including phenoxy) is 3. The zero-order chi connectivity index (χ0) is 31.5. The van der Waals surface area contributed by atoms with Crippen LogP contribution in [-0.2, 0) is 25.9 Å². The Morgan fingerprint density at radius 1 is 0.935 bits per heavy atom. The highest BCUT2D eigenvalue weighted by Crippen LogP contribution is 2.33. The van der Waals surface area contributed by atoms with Crippen molar-refractivity contribution in [1.29, 1.82) is 0 Å². The van der Waals surface area contributed by atoms with E-state index in [0.717, 1.165) is 43.8 Å². The number of sulfone groups is 1. The number of pyridine rings is 1. The zero-order valence-corrected chi connectivity index (χ0v) is 26.5. The van der Waals surface area contributed by atoms with Gasteiger partial charge < -0.3 is 24.8 Å². The van der Waals surface area contributed by atoms with E-state index in [0.29, 0.717) is 73.9 Å². The van der Waals surface area contributed by atoms with Gasteiger partial charge in [-0.25, -0.2) is 13.4 Å². The molecule has 0 amide bonds. The van der Waals surface area contributed by atoms with Crippen molar-refractivity contribution in [1.82, 2.24) is 19.9 Å². The normalized spacial score (nSPS) is 19.8. The molecule has 2 N–H and O–H groups in total. The van der Waals surface area contributed by atoms with Gasteiger partial charge in [0.05, 0.1) is 10.1 Å². The summed E-state index contributed by atoms with van der Waals surface area (Å²) in [6, 6.07) is 16.2. The molecule has 12 heteroatoms. The first-order valence-electron chi connectivity index (χ1n) is 16.1. The number of fused-ring (bicyclic) bond motifs is 1. The van der Waals surface area contributed by atoms with Crippen LogP contribution in [0.3, 0.4) is 0 Å². The predicted octanol–water partition coefficient (Wildman–Crippen LogP) is 4.32. The zero-order valence-electron chi connectivity index (χ0n) is 25.7. The van der Waals surface area contributed by atoms with E-state index in [2.05, 4.69) is 15.6 Å². The van der Waals surface area contributed by atoms with Crippen LogP contribution in [0, 0.1) is 5.92 Å². The van der Waals surface area contributed by atoms with Gasteiger partial charge >= 0.3 is 0 Å². The third kappa shape index (κ3) is 6.52. The fourth-order valence-corrected chi connectivity index (χ4v) is 8.46. The molecule has 4 aromatic rings. The smallest absolute Gasteiger partial charge is 0.260 e. The van der Waals surface area contributed by atoms with Gasteiger partial charge in [0.1, 0.15) is 17.5 Å². The summed E-state index contributed by atoms with van der Waals surface area (Å²) in [5, 5.41) is 6.67.